The zero-order valence-corrected chi connectivity index (χ0v) is 24.7. The maximum Gasteiger partial charge on any atom is 0.268 e. The summed E-state index contributed by atoms with van der Waals surface area (Å²) in [6.45, 7) is 5.94. The highest BCUT2D eigenvalue weighted by Gasteiger charge is 2.66. The molecule has 1 spiro atoms. The van der Waals surface area contributed by atoms with Crippen LogP contribution < -0.4 is 4.90 Å². The molecule has 40 heavy (non-hydrogen) atoms. The summed E-state index contributed by atoms with van der Waals surface area (Å²) in [6.07, 6.45) is -0.715. The van der Waals surface area contributed by atoms with Crippen molar-refractivity contribution in [2.24, 2.45) is 5.92 Å². The number of halogens is 1. The van der Waals surface area contributed by atoms with Crippen molar-refractivity contribution in [1.82, 2.24) is 4.90 Å². The second-order valence-electron chi connectivity index (χ2n) is 11.2. The number of aliphatic hydroxyl groups excluding tert-OH is 1. The summed E-state index contributed by atoms with van der Waals surface area (Å²) in [5.41, 5.74) is 1.17. The molecule has 0 unspecified atom stereocenters. The van der Waals surface area contributed by atoms with E-state index in [1.165, 1.54) is 0 Å². The first-order valence-electron chi connectivity index (χ1n) is 13.6. The topological polar surface area (TPSA) is 90.3 Å². The molecule has 4 atom stereocenters. The monoisotopic (exact) mass is 578 g/mol. The van der Waals surface area contributed by atoms with E-state index in [0.29, 0.717) is 28.5 Å². The Kier molecular flexibility index (Phi) is 7.91. The van der Waals surface area contributed by atoms with E-state index in [0.717, 1.165) is 5.56 Å². The molecule has 2 aliphatic rings. The molecular formula is C31H35ClN2O5Si. The van der Waals surface area contributed by atoms with Crippen LogP contribution in [-0.4, -0.2) is 54.2 Å². The molecule has 1 fully saturated rings. The number of amides is 2. The molecule has 0 aromatic heterocycles. The van der Waals surface area contributed by atoms with E-state index < -0.39 is 31.5 Å². The molecule has 1 saturated heterocycles. The third-order valence-electron chi connectivity index (χ3n) is 8.18. The summed E-state index contributed by atoms with van der Waals surface area (Å²) >= 11 is 6.46. The molecule has 2 amide bonds. The smallest absolute Gasteiger partial charge is 0.268 e. The maximum absolute atomic E-state index is 14.5. The van der Waals surface area contributed by atoms with Crippen LogP contribution in [0.3, 0.4) is 0 Å². The number of fused-ring (bicyclic) bond motifs is 2. The van der Waals surface area contributed by atoms with Crippen LogP contribution >= 0.6 is 11.6 Å². The lowest BCUT2D eigenvalue weighted by Crippen LogP contribution is -2.45. The molecule has 210 valence electrons. The first kappa shape index (κ1) is 28.5. The summed E-state index contributed by atoms with van der Waals surface area (Å²) in [5.74, 6) is -0.874. The zero-order chi connectivity index (χ0) is 28.7. The van der Waals surface area contributed by atoms with Crippen molar-refractivity contribution in [3.8, 4) is 0 Å². The lowest BCUT2D eigenvalue weighted by molar-refractivity contribution is -0.149. The number of ether oxygens (including phenoxy) is 1. The molecule has 3 aromatic rings. The maximum atomic E-state index is 14.5. The Morgan fingerprint density at radius 2 is 1.73 bits per heavy atom. The van der Waals surface area contributed by atoms with Crippen LogP contribution in [0.5, 0.6) is 0 Å². The molecule has 7 nitrogen and oxygen atoms in total. The summed E-state index contributed by atoms with van der Waals surface area (Å²) in [5, 5.41) is 10.2. The number of nitrogens with zero attached hydrogens (tertiary/aromatic N) is 2. The minimum absolute atomic E-state index is 0.0188. The van der Waals surface area contributed by atoms with E-state index in [4.69, 9.17) is 16.3 Å². The van der Waals surface area contributed by atoms with Gasteiger partial charge < -0.3 is 19.5 Å². The van der Waals surface area contributed by atoms with Gasteiger partial charge in [0.1, 0.15) is 0 Å². The van der Waals surface area contributed by atoms with E-state index in [-0.39, 0.29) is 31.4 Å². The number of para-hydroxylation sites is 1. The minimum Gasteiger partial charge on any atom is -0.432 e. The van der Waals surface area contributed by atoms with Crippen molar-refractivity contribution >= 4 is 43.1 Å². The lowest BCUT2D eigenvalue weighted by Gasteiger charge is -2.32. The van der Waals surface area contributed by atoms with Crippen molar-refractivity contribution in [2.45, 2.75) is 50.2 Å². The van der Waals surface area contributed by atoms with Gasteiger partial charge in [-0.15, -0.1) is 0 Å². The van der Waals surface area contributed by atoms with Crippen LogP contribution in [0.15, 0.2) is 78.9 Å². The van der Waals surface area contributed by atoms with Crippen molar-refractivity contribution in [3.63, 3.8) is 0 Å². The molecule has 0 radical (unpaired) electrons. The molecule has 2 aliphatic heterocycles. The van der Waals surface area contributed by atoms with Gasteiger partial charge >= 0.3 is 0 Å². The highest BCUT2D eigenvalue weighted by molar-refractivity contribution is 6.71. The molecule has 2 N–H and O–H groups in total. The molecule has 3 aromatic carbocycles. The number of carbonyl (C=O) groups is 2. The fraction of sp³-hybridized carbons (Fsp3) is 0.355. The quantitative estimate of drug-likeness (QED) is 0.357. The lowest BCUT2D eigenvalue weighted by atomic mass is 9.82. The van der Waals surface area contributed by atoms with Crippen LogP contribution in [0.2, 0.25) is 23.7 Å². The second kappa shape index (κ2) is 11.1. The number of hydrogen-bond acceptors (Lipinski definition) is 5. The average molecular weight is 579 g/mol. The fourth-order valence-electron chi connectivity index (χ4n) is 6.53. The first-order valence-corrected chi connectivity index (χ1v) is 17.0. The van der Waals surface area contributed by atoms with Gasteiger partial charge in [0.25, 0.3) is 5.91 Å². The van der Waals surface area contributed by atoms with E-state index in [1.54, 1.807) is 21.9 Å². The van der Waals surface area contributed by atoms with Crippen molar-refractivity contribution < 1.29 is 24.2 Å². The summed E-state index contributed by atoms with van der Waals surface area (Å²) in [4.78, 5) is 42.9. The number of anilines is 2. The van der Waals surface area contributed by atoms with Crippen LogP contribution in [0.1, 0.15) is 24.5 Å². The fourth-order valence-corrected chi connectivity index (χ4v) is 9.25. The standard InChI is InChI=1S/C31H35ClN2O5Si/c1-21-29(40(2,3)38)27(19-28(36)33(16-17-35)20-22-10-6-4-7-11-22)39-31(21)25-18-23(32)14-15-26(25)34(30(31)37)24-12-8-5-9-13-24/h4-15,18,21,27,29,35,38H,16-17,19-20H2,1-3H3/t21-,27+,29-,31+/m1/s1. The Morgan fingerprint density at radius 1 is 1.07 bits per heavy atom. The van der Waals surface area contributed by atoms with E-state index >= 15 is 0 Å². The van der Waals surface area contributed by atoms with E-state index in [1.807, 2.05) is 86.7 Å². The van der Waals surface area contributed by atoms with Gasteiger partial charge in [0, 0.05) is 40.8 Å². The normalized spacial score (nSPS) is 24.0. The Balaban J connectivity index is 1.53. The summed E-state index contributed by atoms with van der Waals surface area (Å²) < 4.78 is 6.77. The second-order valence-corrected chi connectivity index (χ2v) is 15.6. The first-order chi connectivity index (χ1) is 19.1. The highest BCUT2D eigenvalue weighted by atomic mass is 35.5. The van der Waals surface area contributed by atoms with E-state index in [2.05, 4.69) is 0 Å². The van der Waals surface area contributed by atoms with Gasteiger partial charge in [0.2, 0.25) is 5.91 Å². The van der Waals surface area contributed by atoms with Crippen LogP contribution in [0.4, 0.5) is 11.4 Å². The predicted octanol–water partition coefficient (Wildman–Crippen LogP) is 5.23. The SMILES string of the molecule is C[C@@H]1[C@@H]([Si](C)(C)O)[C@H](CC(=O)N(CCO)Cc2ccccc2)O[C@@]12C(=O)N(c1ccccc1)c1ccc(Cl)cc12. The largest absolute Gasteiger partial charge is 0.432 e. The predicted molar refractivity (Wildman–Crippen MR) is 158 cm³/mol. The van der Waals surface area contributed by atoms with Gasteiger partial charge in [-0.05, 0) is 49.0 Å². The minimum atomic E-state index is -2.95. The van der Waals surface area contributed by atoms with Crippen molar-refractivity contribution in [2.75, 3.05) is 18.1 Å². The van der Waals surface area contributed by atoms with Crippen molar-refractivity contribution in [1.29, 1.82) is 0 Å². The van der Waals surface area contributed by atoms with Gasteiger partial charge in [-0.1, -0.05) is 67.1 Å². The molecule has 5 rings (SSSR count). The Labute approximate surface area is 241 Å². The molecule has 0 aliphatic carbocycles. The third kappa shape index (κ3) is 4.99. The molecule has 0 bridgehead atoms. The van der Waals surface area contributed by atoms with Gasteiger partial charge in [-0.25, -0.2) is 0 Å². The summed E-state index contributed by atoms with van der Waals surface area (Å²) in [7, 11) is -2.95. The molecular weight excluding hydrogens is 544 g/mol. The summed E-state index contributed by atoms with van der Waals surface area (Å²) in [6, 6.07) is 24.3. The van der Waals surface area contributed by atoms with Crippen LogP contribution in [-0.2, 0) is 26.5 Å². The number of hydrogen-bond donors (Lipinski definition) is 2. The van der Waals surface area contributed by atoms with Gasteiger partial charge in [0.15, 0.2) is 13.9 Å². The number of benzene rings is 3. The van der Waals surface area contributed by atoms with Gasteiger partial charge in [0.05, 0.1) is 24.8 Å². The third-order valence-corrected chi connectivity index (χ3v) is 10.9. The zero-order valence-electron chi connectivity index (χ0n) is 23.0. The molecule has 0 saturated carbocycles. The Morgan fingerprint density at radius 3 is 2.35 bits per heavy atom. The highest BCUT2D eigenvalue weighted by Crippen LogP contribution is 2.61. The van der Waals surface area contributed by atoms with Gasteiger partial charge in [-0.2, -0.15) is 0 Å². The van der Waals surface area contributed by atoms with Crippen molar-refractivity contribution in [3.05, 3.63) is 95.0 Å². The van der Waals surface area contributed by atoms with E-state index in [9.17, 15) is 19.5 Å². The Hall–Kier alpha value is -3.01. The van der Waals surface area contributed by atoms with Crippen LogP contribution in [0.25, 0.3) is 0 Å². The average Bonchev–Trinajstić information content (AvgIpc) is 3.35. The molecule has 2 heterocycles. The number of aliphatic hydroxyl groups is 1. The molecule has 9 heteroatoms. The number of rotatable bonds is 8. The number of carbonyl (C=O) groups excluding carboxylic acids is 2. The van der Waals surface area contributed by atoms with Crippen LogP contribution in [0, 0.1) is 5.92 Å². The Bertz CT molecular complexity index is 1380. The van der Waals surface area contributed by atoms with Gasteiger partial charge in [-0.3, -0.25) is 14.5 Å².